The third-order valence-electron chi connectivity index (χ3n) is 13.0. The molecule has 0 unspecified atom stereocenters. The SMILES string of the molecule is [2H]C([2H])(Oc1nc(N2CCCC[C@H]3[C@H](F)[C@H]32)c2cnc(-c3cc(N)cc4ccc(F)c(C#C[Si](C(C)C)(C(C)C)C(C)C)c34)c(F)c2n1)[C@@]12CCCN1C[C@H](F)C2. The number of aromatic nitrogens is 3. The van der Waals surface area contributed by atoms with Crippen molar-refractivity contribution in [2.75, 3.05) is 36.8 Å². The highest BCUT2D eigenvalue weighted by atomic mass is 28.3. The summed E-state index contributed by atoms with van der Waals surface area (Å²) in [7, 11) is -2.32. The van der Waals surface area contributed by atoms with Gasteiger partial charge in [-0.15, -0.1) is 5.54 Å². The zero-order chi connectivity index (χ0) is 40.8. The highest BCUT2D eigenvalue weighted by molar-refractivity contribution is 6.90. The second-order valence-electron chi connectivity index (χ2n) is 17.1. The number of anilines is 2. The Kier molecular flexibility index (Phi) is 9.16. The molecule has 4 aliphatic rings. The predicted octanol–water partition coefficient (Wildman–Crippen LogP) is 9.56. The summed E-state index contributed by atoms with van der Waals surface area (Å²) < 4.78 is 88.1. The van der Waals surface area contributed by atoms with E-state index in [1.807, 2.05) is 4.90 Å². The monoisotopic (exact) mass is 774 g/mol. The fourth-order valence-corrected chi connectivity index (χ4v) is 15.6. The van der Waals surface area contributed by atoms with E-state index in [0.717, 1.165) is 19.3 Å². The van der Waals surface area contributed by atoms with Crippen LogP contribution in [0.15, 0.2) is 30.5 Å². The van der Waals surface area contributed by atoms with Crippen LogP contribution in [-0.4, -0.2) is 78.0 Å². The molecule has 8 rings (SSSR count). The molecule has 2 N–H and O–H groups in total. The maximum atomic E-state index is 17.5. The first-order valence-corrected chi connectivity index (χ1v) is 22.1. The lowest BCUT2D eigenvalue weighted by molar-refractivity contribution is 0.107. The van der Waals surface area contributed by atoms with Crippen LogP contribution in [0, 0.1) is 29.0 Å². The number of pyridine rings is 1. The molecule has 55 heavy (non-hydrogen) atoms. The van der Waals surface area contributed by atoms with E-state index >= 15 is 13.2 Å². The Balaban J connectivity index is 1.33. The van der Waals surface area contributed by atoms with E-state index in [2.05, 4.69) is 68.0 Å². The summed E-state index contributed by atoms with van der Waals surface area (Å²) in [4.78, 5) is 17.4. The molecule has 292 valence electrons. The van der Waals surface area contributed by atoms with Gasteiger partial charge in [-0.3, -0.25) is 9.88 Å². The molecule has 1 saturated carbocycles. The second-order valence-corrected chi connectivity index (χ2v) is 22.7. The van der Waals surface area contributed by atoms with Crippen molar-refractivity contribution in [2.45, 2.75) is 121 Å². The third-order valence-corrected chi connectivity index (χ3v) is 19.3. The van der Waals surface area contributed by atoms with Gasteiger partial charge >= 0.3 is 6.01 Å². The van der Waals surface area contributed by atoms with E-state index in [1.165, 1.54) is 12.3 Å². The highest BCUT2D eigenvalue weighted by Crippen LogP contribution is 2.48. The van der Waals surface area contributed by atoms with Crippen LogP contribution in [0.5, 0.6) is 6.01 Å². The first-order chi connectivity index (χ1) is 27.0. The van der Waals surface area contributed by atoms with E-state index < -0.39 is 56.2 Å². The minimum atomic E-state index is -2.44. The topological polar surface area (TPSA) is 80.4 Å². The zero-order valence-electron chi connectivity index (χ0n) is 34.5. The molecule has 3 saturated heterocycles. The fraction of sp³-hybridized carbons (Fsp3) is 0.558. The third kappa shape index (κ3) is 6.33. The van der Waals surface area contributed by atoms with Gasteiger partial charge in [0.05, 0.1) is 25.3 Å². The largest absolute Gasteiger partial charge is 0.461 e. The molecular formula is C43H52F4N6OSi. The molecule has 0 bridgehead atoms. The smallest absolute Gasteiger partial charge is 0.319 e. The molecule has 1 aliphatic carbocycles. The number of hydrogen-bond donors (Lipinski definition) is 1. The highest BCUT2D eigenvalue weighted by Gasteiger charge is 2.56. The molecule has 4 fully saturated rings. The van der Waals surface area contributed by atoms with Crippen molar-refractivity contribution < 1.29 is 25.0 Å². The molecule has 0 amide bonds. The molecule has 0 spiro atoms. The van der Waals surface area contributed by atoms with Crippen LogP contribution in [-0.2, 0) is 0 Å². The number of ether oxygens (including phenoxy) is 1. The number of hydrogen-bond acceptors (Lipinski definition) is 7. The van der Waals surface area contributed by atoms with E-state index in [0.29, 0.717) is 59.0 Å². The number of nitrogen functional groups attached to an aromatic ring is 1. The summed E-state index contributed by atoms with van der Waals surface area (Å²) in [5.74, 6) is 1.84. The summed E-state index contributed by atoms with van der Waals surface area (Å²) in [6.45, 7) is 11.7. The Morgan fingerprint density at radius 3 is 2.55 bits per heavy atom. The molecule has 5 heterocycles. The maximum absolute atomic E-state index is 17.5. The van der Waals surface area contributed by atoms with E-state index in [-0.39, 0.29) is 52.4 Å². The van der Waals surface area contributed by atoms with E-state index in [1.54, 1.807) is 23.1 Å². The fourth-order valence-electron chi connectivity index (χ4n) is 10.4. The Hall–Kier alpha value is -3.95. The van der Waals surface area contributed by atoms with Gasteiger partial charge < -0.3 is 15.4 Å². The first kappa shape index (κ1) is 35.5. The summed E-state index contributed by atoms with van der Waals surface area (Å²) in [5, 5.41) is 1.12. The van der Waals surface area contributed by atoms with Crippen LogP contribution >= 0.6 is 0 Å². The molecule has 4 aromatic rings. The number of rotatable bonds is 8. The number of nitrogens with two attached hydrogens (primary N) is 1. The summed E-state index contributed by atoms with van der Waals surface area (Å²) >= 11 is 0. The van der Waals surface area contributed by atoms with Crippen molar-refractivity contribution in [3.63, 3.8) is 0 Å². The zero-order valence-corrected chi connectivity index (χ0v) is 33.5. The molecule has 3 aliphatic heterocycles. The van der Waals surface area contributed by atoms with Crippen LogP contribution in [0.1, 0.15) is 88.4 Å². The van der Waals surface area contributed by atoms with Crippen molar-refractivity contribution in [2.24, 2.45) is 5.92 Å². The minimum absolute atomic E-state index is 0.0539. The first-order valence-electron chi connectivity index (χ1n) is 20.9. The van der Waals surface area contributed by atoms with Gasteiger partial charge in [0.15, 0.2) is 5.82 Å². The van der Waals surface area contributed by atoms with Gasteiger partial charge in [0, 0.05) is 48.3 Å². The number of benzene rings is 2. The van der Waals surface area contributed by atoms with Crippen LogP contribution in [0.2, 0.25) is 16.6 Å². The van der Waals surface area contributed by atoms with Gasteiger partial charge in [0.2, 0.25) is 0 Å². The van der Waals surface area contributed by atoms with Crippen molar-refractivity contribution in [1.82, 2.24) is 19.9 Å². The molecular weight excluding hydrogens is 721 g/mol. The average Bonchev–Trinajstić information content (AvgIpc) is 3.50. The van der Waals surface area contributed by atoms with Gasteiger partial charge in [-0.2, -0.15) is 9.97 Å². The lowest BCUT2D eigenvalue weighted by Gasteiger charge is -2.38. The van der Waals surface area contributed by atoms with Crippen molar-refractivity contribution in [3.8, 4) is 28.7 Å². The molecule has 0 radical (unpaired) electrons. The Morgan fingerprint density at radius 2 is 1.80 bits per heavy atom. The van der Waals surface area contributed by atoms with Crippen LogP contribution < -0.4 is 15.4 Å². The van der Waals surface area contributed by atoms with Crippen LogP contribution in [0.4, 0.5) is 29.1 Å². The summed E-state index contributed by atoms with van der Waals surface area (Å²) in [5.41, 5.74) is 9.95. The second kappa shape index (κ2) is 14.2. The van der Waals surface area contributed by atoms with Gasteiger partial charge in [0.1, 0.15) is 49.8 Å². The summed E-state index contributed by atoms with van der Waals surface area (Å²) in [6.07, 6.45) is 2.42. The minimum Gasteiger partial charge on any atom is -0.461 e. The van der Waals surface area contributed by atoms with Crippen LogP contribution in [0.3, 0.4) is 0 Å². The van der Waals surface area contributed by atoms with Gasteiger partial charge in [-0.05, 0) is 72.4 Å². The lowest BCUT2D eigenvalue weighted by atomic mass is 9.95. The van der Waals surface area contributed by atoms with E-state index in [9.17, 15) is 7.13 Å². The lowest BCUT2D eigenvalue weighted by Crippen LogP contribution is -2.43. The van der Waals surface area contributed by atoms with Crippen molar-refractivity contribution >= 4 is 41.3 Å². The summed E-state index contributed by atoms with van der Waals surface area (Å²) in [6, 6.07) is 5.28. The number of halogens is 4. The standard InChI is InChI=1S/C43H52F4N6OSi/c1-24(2)55(25(3)4,26(5)6)17-13-30-34(45)12-11-27-18-29(48)19-32(35(27)30)38-37(47)39-33(21-49-38)41(53-16-8-7-10-31-36(46)40(31)53)51-42(50-39)54-23-43-14-9-15-52(43)22-28(44)20-43/h11-12,18-19,21,24-26,28,31,36,40H,7-10,14-16,20,22-23,48H2,1-6H3/t28-,31+,36+,40+,43+/m1/s1/i23D2. The van der Waals surface area contributed by atoms with Crippen LogP contribution in [0.25, 0.3) is 32.9 Å². The molecule has 5 atom stereocenters. The van der Waals surface area contributed by atoms with E-state index in [4.69, 9.17) is 10.5 Å². The molecule has 7 nitrogen and oxygen atoms in total. The van der Waals surface area contributed by atoms with Gasteiger partial charge in [0.25, 0.3) is 0 Å². The maximum Gasteiger partial charge on any atom is 0.319 e. The number of alkyl halides is 2. The molecule has 2 aromatic heterocycles. The van der Waals surface area contributed by atoms with Gasteiger partial charge in [-0.1, -0.05) is 60.0 Å². The number of nitrogens with zero attached hydrogens (tertiary/aromatic N) is 5. The Labute approximate surface area is 325 Å². The quantitative estimate of drug-likeness (QED) is 0.0827. The Bertz CT molecular complexity index is 2280. The van der Waals surface area contributed by atoms with Crippen molar-refractivity contribution in [1.29, 1.82) is 0 Å². The molecule has 2 aromatic carbocycles. The molecule has 12 heteroatoms. The predicted molar refractivity (Wildman–Crippen MR) is 214 cm³/mol. The Morgan fingerprint density at radius 1 is 1.04 bits per heavy atom. The normalized spacial score (nSPS) is 26.2. The van der Waals surface area contributed by atoms with Gasteiger partial charge in [-0.25, -0.2) is 17.6 Å². The number of fused-ring (bicyclic) bond motifs is 4. The van der Waals surface area contributed by atoms with Crippen molar-refractivity contribution in [3.05, 3.63) is 47.7 Å². The average molecular weight is 775 g/mol.